The normalized spacial score (nSPS) is 20.5. The fourth-order valence-electron chi connectivity index (χ4n) is 4.70. The number of carboxylic acid groups (broad SMARTS) is 1. The Balaban J connectivity index is 1.68. The van der Waals surface area contributed by atoms with Gasteiger partial charge in [-0.1, -0.05) is 25.1 Å². The van der Waals surface area contributed by atoms with Crippen LogP contribution in [0.3, 0.4) is 0 Å². The molecule has 2 heterocycles. The van der Waals surface area contributed by atoms with Gasteiger partial charge in [-0.05, 0) is 73.1 Å². The summed E-state index contributed by atoms with van der Waals surface area (Å²) in [6, 6.07) is 12.2. The van der Waals surface area contributed by atoms with Crippen LogP contribution >= 0.6 is 0 Å². The Morgan fingerprint density at radius 1 is 1.14 bits per heavy atom. The van der Waals surface area contributed by atoms with E-state index in [9.17, 15) is 9.90 Å². The number of nitrogens with one attached hydrogen (secondary N) is 1. The molecule has 4 rings (SSSR count). The van der Waals surface area contributed by atoms with Gasteiger partial charge >= 0.3 is 5.97 Å². The molecule has 3 aromatic rings. The van der Waals surface area contributed by atoms with Crippen LogP contribution in [0, 0.1) is 19.8 Å². The maximum absolute atomic E-state index is 11.2. The van der Waals surface area contributed by atoms with Crippen LogP contribution in [0.25, 0.3) is 10.9 Å². The minimum absolute atomic E-state index is 0.328. The van der Waals surface area contributed by atoms with E-state index in [1.54, 1.807) is 12.1 Å². The molecule has 146 valence electrons. The zero-order valence-corrected chi connectivity index (χ0v) is 16.8. The van der Waals surface area contributed by atoms with Crippen molar-refractivity contribution in [2.24, 2.45) is 5.92 Å². The van der Waals surface area contributed by atoms with Crippen molar-refractivity contribution in [3.05, 3.63) is 70.4 Å². The van der Waals surface area contributed by atoms with E-state index in [0.29, 0.717) is 17.5 Å². The number of aryl methyl sites for hydroxylation is 2. The van der Waals surface area contributed by atoms with E-state index in [4.69, 9.17) is 0 Å². The van der Waals surface area contributed by atoms with E-state index >= 15 is 0 Å². The first kappa shape index (κ1) is 18.8. The number of nitrogens with zero attached hydrogens (tertiary/aromatic N) is 1. The predicted octanol–water partition coefficient (Wildman–Crippen LogP) is 5.46. The molecule has 2 unspecified atom stereocenters. The molecule has 2 atom stereocenters. The third-order valence-electron chi connectivity index (χ3n) is 6.20. The van der Waals surface area contributed by atoms with Gasteiger partial charge in [0.15, 0.2) is 0 Å². The van der Waals surface area contributed by atoms with Gasteiger partial charge in [-0.3, -0.25) is 4.90 Å². The number of benzene rings is 2. The summed E-state index contributed by atoms with van der Waals surface area (Å²) in [4.78, 5) is 17.2. The Morgan fingerprint density at radius 3 is 2.61 bits per heavy atom. The molecule has 1 aliphatic heterocycles. The molecule has 1 fully saturated rings. The van der Waals surface area contributed by atoms with Gasteiger partial charge in [0.25, 0.3) is 0 Å². The lowest BCUT2D eigenvalue weighted by Crippen LogP contribution is -2.37. The Kier molecular flexibility index (Phi) is 4.98. The minimum atomic E-state index is -0.870. The highest BCUT2D eigenvalue weighted by atomic mass is 16.4. The number of carbonyl (C=O) groups is 1. The van der Waals surface area contributed by atoms with Crippen LogP contribution in [-0.4, -0.2) is 27.5 Å². The van der Waals surface area contributed by atoms with Crippen molar-refractivity contribution >= 4 is 16.9 Å². The molecule has 2 aromatic carbocycles. The average Bonchev–Trinajstić information content (AvgIpc) is 3.16. The Bertz CT molecular complexity index is 1000. The van der Waals surface area contributed by atoms with E-state index in [1.807, 2.05) is 18.3 Å². The van der Waals surface area contributed by atoms with Crippen LogP contribution in [0.4, 0.5) is 0 Å². The number of fused-ring (bicyclic) bond motifs is 1. The molecule has 0 spiro atoms. The summed E-state index contributed by atoms with van der Waals surface area (Å²) < 4.78 is 0. The number of hydrogen-bond acceptors (Lipinski definition) is 2. The smallest absolute Gasteiger partial charge is 0.335 e. The summed E-state index contributed by atoms with van der Waals surface area (Å²) in [6.45, 7) is 8.66. The standard InChI is InChI=1S/C24H28N2O2/c1-15-4-9-22(18-5-7-19(8-6-18)24(27)28)26(13-15)14-21-16(2)12-17(3)23-20(21)10-11-25-23/h5-8,10-12,15,22,25H,4,9,13-14H2,1-3H3,(H,27,28). The average molecular weight is 377 g/mol. The van der Waals surface area contributed by atoms with Gasteiger partial charge in [-0.2, -0.15) is 0 Å². The van der Waals surface area contributed by atoms with Crippen molar-refractivity contribution in [2.45, 2.75) is 46.2 Å². The van der Waals surface area contributed by atoms with E-state index in [2.05, 4.69) is 42.8 Å². The second-order valence-electron chi connectivity index (χ2n) is 8.31. The monoisotopic (exact) mass is 376 g/mol. The molecule has 0 amide bonds. The third-order valence-corrected chi connectivity index (χ3v) is 6.20. The highest BCUT2D eigenvalue weighted by Gasteiger charge is 2.28. The summed E-state index contributed by atoms with van der Waals surface area (Å²) in [5.74, 6) is -0.201. The maximum Gasteiger partial charge on any atom is 0.335 e. The number of aromatic carboxylic acids is 1. The maximum atomic E-state index is 11.2. The van der Waals surface area contributed by atoms with Gasteiger partial charge < -0.3 is 10.1 Å². The van der Waals surface area contributed by atoms with Crippen LogP contribution < -0.4 is 0 Å². The van der Waals surface area contributed by atoms with Crippen LogP contribution in [0.5, 0.6) is 0 Å². The van der Waals surface area contributed by atoms with Crippen LogP contribution in [-0.2, 0) is 6.54 Å². The van der Waals surface area contributed by atoms with Crippen molar-refractivity contribution in [3.63, 3.8) is 0 Å². The van der Waals surface area contributed by atoms with E-state index < -0.39 is 5.97 Å². The molecule has 28 heavy (non-hydrogen) atoms. The summed E-state index contributed by atoms with van der Waals surface area (Å²) in [6.07, 6.45) is 4.34. The topological polar surface area (TPSA) is 56.3 Å². The zero-order chi connectivity index (χ0) is 19.8. The van der Waals surface area contributed by atoms with E-state index in [1.165, 1.54) is 39.6 Å². The van der Waals surface area contributed by atoms with Gasteiger partial charge in [-0.15, -0.1) is 0 Å². The number of hydrogen-bond donors (Lipinski definition) is 2. The molecule has 2 N–H and O–H groups in total. The van der Waals surface area contributed by atoms with E-state index in [0.717, 1.165) is 19.5 Å². The molecule has 0 radical (unpaired) electrons. The number of carboxylic acids is 1. The van der Waals surface area contributed by atoms with Gasteiger partial charge in [-0.25, -0.2) is 4.79 Å². The van der Waals surface area contributed by atoms with Crippen molar-refractivity contribution in [1.82, 2.24) is 9.88 Å². The van der Waals surface area contributed by atoms with Gasteiger partial charge in [0.2, 0.25) is 0 Å². The molecule has 0 bridgehead atoms. The number of piperidine rings is 1. The Labute approximate surface area is 166 Å². The van der Waals surface area contributed by atoms with Crippen LogP contribution in [0.15, 0.2) is 42.6 Å². The lowest BCUT2D eigenvalue weighted by atomic mass is 9.88. The van der Waals surface area contributed by atoms with E-state index in [-0.39, 0.29) is 0 Å². The fourth-order valence-corrected chi connectivity index (χ4v) is 4.70. The minimum Gasteiger partial charge on any atom is -0.478 e. The van der Waals surface area contributed by atoms with Crippen molar-refractivity contribution in [3.8, 4) is 0 Å². The SMILES string of the molecule is Cc1cc(C)c2[nH]ccc2c1CN1CC(C)CCC1c1ccc(C(=O)O)cc1. The van der Waals surface area contributed by atoms with Crippen LogP contribution in [0.2, 0.25) is 0 Å². The first-order valence-electron chi connectivity index (χ1n) is 10.1. The number of rotatable bonds is 4. The van der Waals surface area contributed by atoms with Crippen molar-refractivity contribution in [1.29, 1.82) is 0 Å². The molecule has 1 saturated heterocycles. The first-order chi connectivity index (χ1) is 13.4. The summed E-state index contributed by atoms with van der Waals surface area (Å²) in [7, 11) is 0. The summed E-state index contributed by atoms with van der Waals surface area (Å²) in [5.41, 5.74) is 6.81. The Hall–Kier alpha value is -2.59. The second-order valence-corrected chi connectivity index (χ2v) is 8.31. The summed E-state index contributed by atoms with van der Waals surface area (Å²) in [5, 5.41) is 10.5. The molecule has 1 aromatic heterocycles. The molecular weight excluding hydrogens is 348 g/mol. The van der Waals surface area contributed by atoms with Crippen molar-refractivity contribution in [2.75, 3.05) is 6.54 Å². The summed E-state index contributed by atoms with van der Waals surface area (Å²) >= 11 is 0. The van der Waals surface area contributed by atoms with Crippen LogP contribution in [0.1, 0.15) is 58.4 Å². The quantitative estimate of drug-likeness (QED) is 0.636. The van der Waals surface area contributed by atoms with Crippen molar-refractivity contribution < 1.29 is 9.90 Å². The third kappa shape index (κ3) is 3.45. The van der Waals surface area contributed by atoms with Gasteiger partial charge in [0.1, 0.15) is 0 Å². The first-order valence-corrected chi connectivity index (χ1v) is 10.1. The molecular formula is C24H28N2O2. The highest BCUT2D eigenvalue weighted by molar-refractivity contribution is 5.88. The lowest BCUT2D eigenvalue weighted by molar-refractivity contribution is 0.0696. The Morgan fingerprint density at radius 2 is 1.89 bits per heavy atom. The second kappa shape index (κ2) is 7.44. The predicted molar refractivity (Wildman–Crippen MR) is 113 cm³/mol. The highest BCUT2D eigenvalue weighted by Crippen LogP contribution is 2.36. The molecule has 4 heteroatoms. The zero-order valence-electron chi connectivity index (χ0n) is 16.8. The number of H-pyrrole nitrogens is 1. The lowest BCUT2D eigenvalue weighted by Gasteiger charge is -2.39. The molecule has 4 nitrogen and oxygen atoms in total. The fraction of sp³-hybridized carbons (Fsp3) is 0.375. The number of aromatic amines is 1. The van der Waals surface area contributed by atoms with Gasteiger partial charge in [0, 0.05) is 36.2 Å². The number of aromatic nitrogens is 1. The number of likely N-dealkylation sites (tertiary alicyclic amines) is 1. The largest absolute Gasteiger partial charge is 0.478 e. The molecule has 0 saturated carbocycles. The molecule has 1 aliphatic rings. The molecule has 0 aliphatic carbocycles. The van der Waals surface area contributed by atoms with Gasteiger partial charge in [0.05, 0.1) is 5.56 Å².